The average Bonchev–Trinajstić information content (AvgIpc) is 2.75. The van der Waals surface area contributed by atoms with Crippen LogP contribution in [0.3, 0.4) is 0 Å². The highest BCUT2D eigenvalue weighted by Crippen LogP contribution is 2.31. The number of sulfonamides is 1. The van der Waals surface area contributed by atoms with Gasteiger partial charge in [0.25, 0.3) is 5.91 Å². The molecule has 3 rings (SSSR count). The van der Waals surface area contributed by atoms with Crippen molar-refractivity contribution in [3.63, 3.8) is 0 Å². The maximum atomic E-state index is 13.2. The number of anilines is 1. The van der Waals surface area contributed by atoms with Gasteiger partial charge in [-0.1, -0.05) is 32.9 Å². The highest BCUT2D eigenvalue weighted by molar-refractivity contribution is 7.89. The van der Waals surface area contributed by atoms with Gasteiger partial charge in [-0.15, -0.1) is 0 Å². The van der Waals surface area contributed by atoms with Gasteiger partial charge in [0.2, 0.25) is 10.0 Å². The lowest BCUT2D eigenvalue weighted by molar-refractivity contribution is 0.0729. The summed E-state index contributed by atoms with van der Waals surface area (Å²) in [6.45, 7) is 9.72. The molecule has 8 heteroatoms. The summed E-state index contributed by atoms with van der Waals surface area (Å²) in [6, 6.07) is 12.1. The Labute approximate surface area is 184 Å². The molecule has 1 aliphatic heterocycles. The minimum Gasteiger partial charge on any atom is -0.492 e. The lowest BCUT2D eigenvalue weighted by Gasteiger charge is -2.27. The van der Waals surface area contributed by atoms with E-state index in [1.54, 1.807) is 31.2 Å². The summed E-state index contributed by atoms with van der Waals surface area (Å²) in [4.78, 5) is 12.8. The normalized spacial score (nSPS) is 15.5. The summed E-state index contributed by atoms with van der Waals surface area (Å²) >= 11 is 0. The van der Waals surface area contributed by atoms with E-state index in [0.29, 0.717) is 31.1 Å². The predicted octanol–water partition coefficient (Wildman–Crippen LogP) is 3.66. The van der Waals surface area contributed by atoms with Crippen LogP contribution in [-0.2, 0) is 20.2 Å². The number of ether oxygens (including phenoxy) is 2. The van der Waals surface area contributed by atoms with E-state index in [2.05, 4.69) is 26.1 Å². The molecule has 0 aliphatic carbocycles. The first-order valence-corrected chi connectivity index (χ1v) is 11.8. The number of carbonyl (C=O) groups is 1. The van der Waals surface area contributed by atoms with Crippen molar-refractivity contribution in [3.05, 3.63) is 53.6 Å². The molecule has 1 aliphatic rings. The van der Waals surface area contributed by atoms with Crippen LogP contribution in [0.2, 0.25) is 0 Å². The third kappa shape index (κ3) is 5.44. The SMILES string of the molecule is CCOc1ccc(NC(=O)c2ccc(C(C)(C)C)cc2)cc1S(=O)(=O)N1CCOCC1. The Bertz CT molecular complexity index is 1020. The molecule has 1 amide bonds. The lowest BCUT2D eigenvalue weighted by Crippen LogP contribution is -2.40. The Kier molecular flexibility index (Phi) is 7.03. The third-order valence-corrected chi connectivity index (χ3v) is 7.02. The molecule has 0 spiro atoms. The van der Waals surface area contributed by atoms with Crippen LogP contribution >= 0.6 is 0 Å². The van der Waals surface area contributed by atoms with Crippen LogP contribution in [0.15, 0.2) is 47.4 Å². The van der Waals surface area contributed by atoms with Gasteiger partial charge in [0.05, 0.1) is 19.8 Å². The molecule has 1 saturated heterocycles. The minimum absolute atomic E-state index is 0.00708. The first kappa shape index (κ1) is 23.2. The van der Waals surface area contributed by atoms with Crippen molar-refractivity contribution >= 4 is 21.6 Å². The second-order valence-corrected chi connectivity index (χ2v) is 10.3. The Morgan fingerprint density at radius 2 is 1.74 bits per heavy atom. The van der Waals surface area contributed by atoms with Crippen molar-refractivity contribution in [2.45, 2.75) is 38.0 Å². The van der Waals surface area contributed by atoms with Crippen LogP contribution < -0.4 is 10.1 Å². The van der Waals surface area contributed by atoms with Crippen molar-refractivity contribution in [1.29, 1.82) is 0 Å². The zero-order valence-corrected chi connectivity index (χ0v) is 19.3. The highest BCUT2D eigenvalue weighted by Gasteiger charge is 2.30. The summed E-state index contributed by atoms with van der Waals surface area (Å²) in [7, 11) is -3.78. The Morgan fingerprint density at radius 1 is 1.10 bits per heavy atom. The van der Waals surface area contributed by atoms with Crippen molar-refractivity contribution in [1.82, 2.24) is 4.31 Å². The molecule has 0 bridgehead atoms. The number of rotatable bonds is 6. The molecule has 0 radical (unpaired) electrons. The molecular formula is C23H30N2O5S. The van der Waals surface area contributed by atoms with Gasteiger partial charge in [0.1, 0.15) is 10.6 Å². The monoisotopic (exact) mass is 446 g/mol. The second kappa shape index (κ2) is 9.38. The van der Waals surface area contributed by atoms with Gasteiger partial charge >= 0.3 is 0 Å². The van der Waals surface area contributed by atoms with Crippen molar-refractivity contribution < 1.29 is 22.7 Å². The van der Waals surface area contributed by atoms with E-state index in [4.69, 9.17) is 9.47 Å². The van der Waals surface area contributed by atoms with Gasteiger partial charge in [-0.05, 0) is 48.2 Å². The van der Waals surface area contributed by atoms with Crippen molar-refractivity contribution in [3.8, 4) is 5.75 Å². The van der Waals surface area contributed by atoms with E-state index in [-0.39, 0.29) is 35.1 Å². The number of benzene rings is 2. The van der Waals surface area contributed by atoms with Crippen molar-refractivity contribution in [2.75, 3.05) is 38.2 Å². The Balaban J connectivity index is 1.87. The van der Waals surface area contributed by atoms with Crippen LogP contribution in [0.25, 0.3) is 0 Å². The van der Waals surface area contributed by atoms with E-state index in [1.807, 2.05) is 12.1 Å². The molecular weight excluding hydrogens is 416 g/mol. The smallest absolute Gasteiger partial charge is 0.255 e. The average molecular weight is 447 g/mol. The van der Waals surface area contributed by atoms with E-state index < -0.39 is 10.0 Å². The molecule has 1 fully saturated rings. The maximum absolute atomic E-state index is 13.2. The van der Waals surface area contributed by atoms with Gasteiger partial charge in [0.15, 0.2) is 0 Å². The molecule has 168 valence electrons. The Hall–Kier alpha value is -2.42. The second-order valence-electron chi connectivity index (χ2n) is 8.39. The number of hydrogen-bond acceptors (Lipinski definition) is 5. The fourth-order valence-corrected chi connectivity index (χ4v) is 4.88. The first-order chi connectivity index (χ1) is 14.6. The molecule has 2 aromatic carbocycles. The molecule has 0 atom stereocenters. The standard InChI is InChI=1S/C23H30N2O5S/c1-5-30-20-11-10-19(16-21(20)31(27,28)25-12-14-29-15-13-25)24-22(26)17-6-8-18(9-7-17)23(2,3)4/h6-11,16H,5,12-15H2,1-4H3,(H,24,26). The molecule has 1 N–H and O–H groups in total. The van der Waals surface area contributed by atoms with Gasteiger partial charge in [-0.25, -0.2) is 8.42 Å². The van der Waals surface area contributed by atoms with Gasteiger partial charge in [-0.2, -0.15) is 4.31 Å². The first-order valence-electron chi connectivity index (χ1n) is 10.4. The van der Waals surface area contributed by atoms with Crippen LogP contribution in [0.4, 0.5) is 5.69 Å². The van der Waals surface area contributed by atoms with E-state index in [0.717, 1.165) is 5.56 Å². The molecule has 7 nitrogen and oxygen atoms in total. The maximum Gasteiger partial charge on any atom is 0.255 e. The van der Waals surface area contributed by atoms with Gasteiger partial charge in [-0.3, -0.25) is 4.79 Å². The van der Waals surface area contributed by atoms with Crippen LogP contribution in [0.1, 0.15) is 43.6 Å². The number of nitrogens with one attached hydrogen (secondary N) is 1. The van der Waals surface area contributed by atoms with E-state index in [9.17, 15) is 13.2 Å². The fourth-order valence-electron chi connectivity index (χ4n) is 3.31. The zero-order chi connectivity index (χ0) is 22.6. The number of nitrogens with zero attached hydrogens (tertiary/aromatic N) is 1. The number of amides is 1. The summed E-state index contributed by atoms with van der Waals surface area (Å²) in [6.07, 6.45) is 0. The van der Waals surface area contributed by atoms with E-state index >= 15 is 0 Å². The predicted molar refractivity (Wildman–Crippen MR) is 120 cm³/mol. The molecule has 0 unspecified atom stereocenters. The van der Waals surface area contributed by atoms with E-state index in [1.165, 1.54) is 10.4 Å². The summed E-state index contributed by atoms with van der Waals surface area (Å²) in [5, 5.41) is 2.80. The van der Waals surface area contributed by atoms with Crippen LogP contribution in [0, 0.1) is 0 Å². The molecule has 2 aromatic rings. The summed E-state index contributed by atoms with van der Waals surface area (Å²) in [5.41, 5.74) is 2.01. The third-order valence-electron chi connectivity index (χ3n) is 5.10. The Morgan fingerprint density at radius 3 is 2.32 bits per heavy atom. The summed E-state index contributed by atoms with van der Waals surface area (Å²) in [5.74, 6) is -0.0409. The van der Waals surface area contributed by atoms with Gasteiger partial charge in [0, 0.05) is 24.3 Å². The lowest BCUT2D eigenvalue weighted by atomic mass is 9.87. The number of morpholine rings is 1. The minimum atomic E-state index is -3.78. The molecule has 1 heterocycles. The van der Waals surface area contributed by atoms with Crippen LogP contribution in [-0.4, -0.2) is 51.5 Å². The quantitative estimate of drug-likeness (QED) is 0.732. The fraction of sp³-hybridized carbons (Fsp3) is 0.435. The highest BCUT2D eigenvalue weighted by atomic mass is 32.2. The number of carbonyl (C=O) groups excluding carboxylic acids is 1. The molecule has 31 heavy (non-hydrogen) atoms. The van der Waals surface area contributed by atoms with Crippen LogP contribution in [0.5, 0.6) is 5.75 Å². The topological polar surface area (TPSA) is 84.9 Å². The largest absolute Gasteiger partial charge is 0.492 e. The van der Waals surface area contributed by atoms with Crippen molar-refractivity contribution in [2.24, 2.45) is 0 Å². The molecule has 0 saturated carbocycles. The molecule has 0 aromatic heterocycles. The summed E-state index contributed by atoms with van der Waals surface area (Å²) < 4.78 is 38.6. The number of hydrogen-bond donors (Lipinski definition) is 1. The zero-order valence-electron chi connectivity index (χ0n) is 18.5. The van der Waals surface area contributed by atoms with Gasteiger partial charge < -0.3 is 14.8 Å².